The zero-order chi connectivity index (χ0) is 23.1. The summed E-state index contributed by atoms with van der Waals surface area (Å²) in [6, 6.07) is 12.8. The van der Waals surface area contributed by atoms with E-state index in [4.69, 9.17) is 39.5 Å². The summed E-state index contributed by atoms with van der Waals surface area (Å²) < 4.78 is 18.8. The topological polar surface area (TPSA) is 62.2 Å². The summed E-state index contributed by atoms with van der Waals surface area (Å²) in [5, 5.41) is 12.2. The molecule has 3 rings (SSSR count). The Kier molecular flexibility index (Phi) is 11.5. The quantitative estimate of drug-likeness (QED) is 0.240. The van der Waals surface area contributed by atoms with E-state index in [1.165, 1.54) is 30.0 Å². The molecule has 0 spiro atoms. The summed E-state index contributed by atoms with van der Waals surface area (Å²) in [5.41, 5.74) is 1.93. The van der Waals surface area contributed by atoms with Crippen molar-refractivity contribution in [3.8, 4) is 5.75 Å². The Morgan fingerprint density at radius 1 is 1.09 bits per heavy atom. The second-order valence-corrected chi connectivity index (χ2v) is 8.79. The van der Waals surface area contributed by atoms with Gasteiger partial charge in [-0.2, -0.15) is 0 Å². The molecule has 0 saturated heterocycles. The molecule has 0 aliphatic rings. The van der Waals surface area contributed by atoms with Crippen LogP contribution in [0.1, 0.15) is 17.0 Å². The number of aromatic nitrogens is 1. The number of thioether (sulfide) groups is 1. The maximum Gasteiger partial charge on any atom is 1.00 e. The van der Waals surface area contributed by atoms with Gasteiger partial charge in [0.1, 0.15) is 17.3 Å². The molecule has 0 aliphatic heterocycles. The SMILES string of the molecule is O=C([O-])/C=C/c1nc(CSc2c(Cl)cc(Cl)cc2Cl)ccc1OCCc1ccc(F)cc1.[Na+]. The van der Waals surface area contributed by atoms with Crippen LogP contribution in [0.3, 0.4) is 0 Å². The monoisotopic (exact) mass is 533 g/mol. The van der Waals surface area contributed by atoms with Gasteiger partial charge >= 0.3 is 29.6 Å². The number of ether oxygens (including phenoxy) is 1. The van der Waals surface area contributed by atoms with Gasteiger partial charge in [-0.25, -0.2) is 9.37 Å². The van der Waals surface area contributed by atoms with Crippen LogP contribution in [0.25, 0.3) is 6.08 Å². The summed E-state index contributed by atoms with van der Waals surface area (Å²) >= 11 is 19.8. The molecule has 0 fully saturated rings. The van der Waals surface area contributed by atoms with Gasteiger partial charge in [-0.05, 0) is 54.1 Å². The molecule has 33 heavy (non-hydrogen) atoms. The minimum atomic E-state index is -1.34. The number of nitrogens with zero attached hydrogens (tertiary/aromatic N) is 1. The largest absolute Gasteiger partial charge is 1.00 e. The summed E-state index contributed by atoms with van der Waals surface area (Å²) in [7, 11) is 0. The Balaban J connectivity index is 0.00000385. The van der Waals surface area contributed by atoms with E-state index < -0.39 is 5.97 Å². The standard InChI is InChI=1S/C23H17Cl3FNO3S.Na/c24-15-11-18(25)23(19(26)12-15)32-13-17-5-7-21(20(28-17)6-8-22(29)30)31-10-9-14-1-3-16(27)4-2-14;/h1-8,11-12H,9-10,13H2,(H,29,30);/q;+1/p-1/b8-6+;. The van der Waals surface area contributed by atoms with Crippen molar-refractivity contribution in [2.45, 2.75) is 17.1 Å². The van der Waals surface area contributed by atoms with Crippen molar-refractivity contribution >= 4 is 58.6 Å². The first-order valence-corrected chi connectivity index (χ1v) is 11.5. The van der Waals surface area contributed by atoms with Crippen LogP contribution >= 0.6 is 46.6 Å². The number of rotatable bonds is 9. The third kappa shape index (κ3) is 8.80. The fourth-order valence-electron chi connectivity index (χ4n) is 2.72. The van der Waals surface area contributed by atoms with E-state index in [1.807, 2.05) is 0 Å². The minimum Gasteiger partial charge on any atom is -0.545 e. The third-order valence-corrected chi connectivity index (χ3v) is 6.42. The van der Waals surface area contributed by atoms with Crippen LogP contribution in [-0.2, 0) is 17.0 Å². The summed E-state index contributed by atoms with van der Waals surface area (Å²) in [6.07, 6.45) is 2.76. The number of hydrogen-bond acceptors (Lipinski definition) is 5. The first kappa shape index (κ1) is 28.0. The van der Waals surface area contributed by atoms with Crippen molar-refractivity contribution in [2.24, 2.45) is 0 Å². The molecule has 4 nitrogen and oxygen atoms in total. The van der Waals surface area contributed by atoms with Crippen LogP contribution in [0.2, 0.25) is 15.1 Å². The molecule has 0 radical (unpaired) electrons. The maximum atomic E-state index is 13.0. The molecule has 0 bridgehead atoms. The Morgan fingerprint density at radius 3 is 2.39 bits per heavy atom. The number of halogens is 4. The van der Waals surface area contributed by atoms with Crippen LogP contribution < -0.4 is 39.4 Å². The second kappa shape index (κ2) is 13.6. The van der Waals surface area contributed by atoms with Crippen molar-refractivity contribution in [1.29, 1.82) is 0 Å². The molecule has 0 N–H and O–H groups in total. The zero-order valence-corrected chi connectivity index (χ0v) is 22.6. The Morgan fingerprint density at radius 2 is 1.76 bits per heavy atom. The Hall–Kier alpha value is -1.25. The number of benzene rings is 2. The van der Waals surface area contributed by atoms with E-state index in [1.54, 1.807) is 36.4 Å². The van der Waals surface area contributed by atoms with Gasteiger partial charge in [0.2, 0.25) is 0 Å². The molecule has 1 heterocycles. The predicted octanol–water partition coefficient (Wildman–Crippen LogP) is 2.86. The van der Waals surface area contributed by atoms with Crippen molar-refractivity contribution < 1.29 is 48.6 Å². The van der Waals surface area contributed by atoms with Crippen molar-refractivity contribution in [3.63, 3.8) is 0 Å². The van der Waals surface area contributed by atoms with Crippen molar-refractivity contribution in [1.82, 2.24) is 4.98 Å². The van der Waals surface area contributed by atoms with Crippen LogP contribution in [0.4, 0.5) is 4.39 Å². The average molecular weight is 535 g/mol. The van der Waals surface area contributed by atoms with E-state index in [2.05, 4.69) is 4.98 Å². The van der Waals surface area contributed by atoms with Crippen LogP contribution in [0.5, 0.6) is 5.75 Å². The number of carboxylic acid groups (broad SMARTS) is 1. The summed E-state index contributed by atoms with van der Waals surface area (Å²) in [5.74, 6) is -0.795. The van der Waals surface area contributed by atoms with E-state index >= 15 is 0 Å². The number of pyridine rings is 1. The fourth-order valence-corrected chi connectivity index (χ4v) is 4.71. The van der Waals surface area contributed by atoms with E-state index in [0.29, 0.717) is 55.9 Å². The van der Waals surface area contributed by atoms with Gasteiger partial charge in [-0.3, -0.25) is 0 Å². The number of carboxylic acids is 1. The number of aliphatic carboxylic acids is 1. The van der Waals surface area contributed by atoms with Gasteiger partial charge < -0.3 is 14.6 Å². The summed E-state index contributed by atoms with van der Waals surface area (Å²) in [4.78, 5) is 16.0. The Labute approximate surface area is 232 Å². The molecule has 10 heteroatoms. The number of carbonyl (C=O) groups is 1. The Bertz CT molecular complexity index is 1120. The van der Waals surface area contributed by atoms with Crippen LogP contribution in [-0.4, -0.2) is 17.6 Å². The van der Waals surface area contributed by atoms with Gasteiger partial charge in [-0.15, -0.1) is 11.8 Å². The van der Waals surface area contributed by atoms with E-state index in [9.17, 15) is 14.3 Å². The van der Waals surface area contributed by atoms with Gasteiger partial charge in [0.25, 0.3) is 0 Å². The molecule has 0 atom stereocenters. The van der Waals surface area contributed by atoms with E-state index in [-0.39, 0.29) is 35.4 Å². The van der Waals surface area contributed by atoms with Crippen LogP contribution in [0.15, 0.2) is 59.5 Å². The second-order valence-electron chi connectivity index (χ2n) is 6.55. The smallest absolute Gasteiger partial charge is 0.545 e. The zero-order valence-electron chi connectivity index (χ0n) is 17.5. The van der Waals surface area contributed by atoms with Gasteiger partial charge in [0.15, 0.2) is 0 Å². The molecule has 2 aromatic carbocycles. The van der Waals surface area contributed by atoms with Gasteiger partial charge in [-0.1, -0.05) is 46.9 Å². The number of hydrogen-bond donors (Lipinski definition) is 0. The molecule has 0 unspecified atom stereocenters. The van der Waals surface area contributed by atoms with Crippen LogP contribution in [0, 0.1) is 5.82 Å². The van der Waals surface area contributed by atoms with Gasteiger partial charge in [0, 0.05) is 22.1 Å². The molecule has 1 aromatic heterocycles. The summed E-state index contributed by atoms with van der Waals surface area (Å²) in [6.45, 7) is 0.309. The predicted molar refractivity (Wildman–Crippen MR) is 125 cm³/mol. The normalized spacial score (nSPS) is 10.8. The van der Waals surface area contributed by atoms with Crippen molar-refractivity contribution in [3.05, 3.63) is 92.4 Å². The molecule has 0 saturated carbocycles. The van der Waals surface area contributed by atoms with Gasteiger partial charge in [0.05, 0.1) is 28.3 Å². The number of carbonyl (C=O) groups excluding carboxylic acids is 1. The van der Waals surface area contributed by atoms with Crippen molar-refractivity contribution in [2.75, 3.05) is 6.61 Å². The van der Waals surface area contributed by atoms with E-state index in [0.717, 1.165) is 11.6 Å². The average Bonchev–Trinajstić information content (AvgIpc) is 2.74. The molecule has 0 aliphatic carbocycles. The first-order valence-electron chi connectivity index (χ1n) is 9.35. The molecular weight excluding hydrogens is 519 g/mol. The minimum absolute atomic E-state index is 0. The maximum absolute atomic E-state index is 13.0. The fraction of sp³-hybridized carbons (Fsp3) is 0.130. The molecule has 166 valence electrons. The molecule has 3 aromatic rings. The first-order chi connectivity index (χ1) is 15.3. The molecular formula is C23H16Cl3FNNaO3S. The third-order valence-electron chi connectivity index (χ3n) is 4.21. The molecule has 0 amide bonds.